The summed E-state index contributed by atoms with van der Waals surface area (Å²) in [5.74, 6) is 1.93. The number of hydrogen-bond donors (Lipinski definition) is 0. The van der Waals surface area contributed by atoms with Gasteiger partial charge in [0.2, 0.25) is 0 Å². The Morgan fingerprint density at radius 1 is 0.362 bits per heavy atom. The van der Waals surface area contributed by atoms with Crippen LogP contribution in [0.4, 0.5) is 0 Å². The molecule has 0 atom stereocenters. The highest BCUT2D eigenvalue weighted by atomic mass is 32.1. The second-order valence-electron chi connectivity index (χ2n) is 14.8. The summed E-state index contributed by atoms with van der Waals surface area (Å²) in [6.07, 6.45) is 0. The Balaban J connectivity index is 1.04. The first-order valence-electron chi connectivity index (χ1n) is 19.5. The molecule has 4 nitrogen and oxygen atoms in total. The van der Waals surface area contributed by atoms with Crippen LogP contribution in [0.25, 0.3) is 115 Å². The number of aromatic nitrogens is 4. The number of fused-ring (bicyclic) bond motifs is 9. The number of hydrogen-bond acceptors (Lipinski definition) is 4. The minimum absolute atomic E-state index is 0.636. The molecule has 58 heavy (non-hydrogen) atoms. The summed E-state index contributed by atoms with van der Waals surface area (Å²) in [6.45, 7) is 0. The highest BCUT2D eigenvalue weighted by Gasteiger charge is 2.20. The Hall–Kier alpha value is -7.47. The van der Waals surface area contributed by atoms with Gasteiger partial charge in [0.05, 0.1) is 11.0 Å². The maximum absolute atomic E-state index is 5.27. The molecule has 0 aliphatic rings. The van der Waals surface area contributed by atoms with Crippen LogP contribution in [0.3, 0.4) is 0 Å². The number of rotatable bonds is 5. The number of thiophene rings is 1. The first-order valence-corrected chi connectivity index (χ1v) is 20.3. The summed E-state index contributed by atoms with van der Waals surface area (Å²) in [6, 6.07) is 69.1. The normalized spacial score (nSPS) is 11.8. The van der Waals surface area contributed by atoms with Crippen LogP contribution in [0.15, 0.2) is 194 Å². The molecule has 3 aromatic heterocycles. The van der Waals surface area contributed by atoms with E-state index in [2.05, 4.69) is 180 Å². The van der Waals surface area contributed by atoms with Gasteiger partial charge in [0, 0.05) is 53.3 Å². The van der Waals surface area contributed by atoms with E-state index in [-0.39, 0.29) is 0 Å². The topological polar surface area (TPSA) is 43.6 Å². The van der Waals surface area contributed by atoms with Crippen molar-refractivity contribution in [3.05, 3.63) is 194 Å². The van der Waals surface area contributed by atoms with Crippen LogP contribution in [-0.2, 0) is 0 Å². The van der Waals surface area contributed by atoms with E-state index >= 15 is 0 Å². The van der Waals surface area contributed by atoms with E-state index in [4.69, 9.17) is 15.0 Å². The first kappa shape index (κ1) is 32.7. The van der Waals surface area contributed by atoms with Gasteiger partial charge < -0.3 is 4.57 Å². The quantitative estimate of drug-likeness (QED) is 0.176. The van der Waals surface area contributed by atoms with Gasteiger partial charge in [-0.1, -0.05) is 146 Å². The molecule has 0 saturated carbocycles. The zero-order valence-corrected chi connectivity index (χ0v) is 32.0. The highest BCUT2D eigenvalue weighted by molar-refractivity contribution is 7.26. The van der Waals surface area contributed by atoms with Crippen LogP contribution < -0.4 is 0 Å². The largest absolute Gasteiger partial charge is 0.309 e. The Kier molecular flexibility index (Phi) is 7.37. The smallest absolute Gasteiger partial charge is 0.164 e. The predicted molar refractivity (Wildman–Crippen MR) is 244 cm³/mol. The van der Waals surface area contributed by atoms with Crippen molar-refractivity contribution in [3.8, 4) is 51.0 Å². The summed E-state index contributed by atoms with van der Waals surface area (Å²) < 4.78 is 4.82. The molecule has 0 amide bonds. The van der Waals surface area contributed by atoms with Crippen molar-refractivity contribution >= 4 is 74.9 Å². The van der Waals surface area contributed by atoms with E-state index in [0.29, 0.717) is 17.5 Å². The fourth-order valence-electron chi connectivity index (χ4n) is 8.73. The second kappa shape index (κ2) is 13.1. The van der Waals surface area contributed by atoms with Gasteiger partial charge in [-0.05, 0) is 81.2 Å². The van der Waals surface area contributed by atoms with Crippen molar-refractivity contribution in [2.45, 2.75) is 0 Å². The van der Waals surface area contributed by atoms with Gasteiger partial charge in [0.1, 0.15) is 0 Å². The third-order valence-corrected chi connectivity index (χ3v) is 12.6. The van der Waals surface area contributed by atoms with Crippen LogP contribution in [-0.4, -0.2) is 19.5 Å². The van der Waals surface area contributed by atoms with Crippen molar-refractivity contribution in [1.82, 2.24) is 19.5 Å². The lowest BCUT2D eigenvalue weighted by molar-refractivity contribution is 1.08. The maximum atomic E-state index is 5.27. The molecule has 0 fully saturated rings. The minimum Gasteiger partial charge on any atom is -0.309 e. The minimum atomic E-state index is 0.636. The van der Waals surface area contributed by atoms with Crippen molar-refractivity contribution in [2.75, 3.05) is 0 Å². The molecule has 9 aromatic carbocycles. The van der Waals surface area contributed by atoms with Crippen molar-refractivity contribution < 1.29 is 0 Å². The number of para-hydroxylation sites is 2. The van der Waals surface area contributed by atoms with E-state index in [0.717, 1.165) is 27.8 Å². The summed E-state index contributed by atoms with van der Waals surface area (Å²) in [5.41, 5.74) is 8.77. The molecule has 12 aromatic rings. The zero-order chi connectivity index (χ0) is 38.2. The number of benzene rings is 9. The zero-order valence-electron chi connectivity index (χ0n) is 31.2. The second-order valence-corrected chi connectivity index (χ2v) is 15.8. The number of nitrogens with zero attached hydrogens (tertiary/aromatic N) is 4. The summed E-state index contributed by atoms with van der Waals surface area (Å²) in [4.78, 5) is 15.6. The van der Waals surface area contributed by atoms with E-state index in [1.54, 1.807) is 0 Å². The van der Waals surface area contributed by atoms with Crippen LogP contribution in [0.1, 0.15) is 0 Å². The SMILES string of the molecule is c1ccc(-c2nc(-c3ccc(-n4c5ccccc5c5ccccc54)cc3)nc(-c3cc4sc5c(-c6ccc7ccccc7c6)cccc5c4c4ccccc34)n2)cc1. The summed E-state index contributed by atoms with van der Waals surface area (Å²) in [7, 11) is 0. The van der Waals surface area contributed by atoms with Crippen LogP contribution in [0, 0.1) is 0 Å². The molecule has 0 radical (unpaired) electrons. The monoisotopic (exact) mass is 756 g/mol. The lowest BCUT2D eigenvalue weighted by Gasteiger charge is -2.12. The molecule has 3 heterocycles. The first-order chi connectivity index (χ1) is 28.7. The van der Waals surface area contributed by atoms with Gasteiger partial charge >= 0.3 is 0 Å². The molecule has 0 aliphatic carbocycles. The average Bonchev–Trinajstić information content (AvgIpc) is 3.85. The van der Waals surface area contributed by atoms with Crippen molar-refractivity contribution in [1.29, 1.82) is 0 Å². The standard InChI is InChI=1S/C53H32N4S/c1-2-14-34(15-3-1)51-54-52(35-27-29-38(30-28-35)57-46-23-10-8-18-41(46)42-19-9-11-24-47(42)57)56-53(55-51)45-32-48-49(43-20-7-6-17-40(43)45)44-22-12-21-39(50(44)58-48)37-26-25-33-13-4-5-16-36(33)31-37/h1-32H. The maximum Gasteiger partial charge on any atom is 0.164 e. The molecule has 5 heteroatoms. The van der Waals surface area contributed by atoms with E-state index in [1.165, 1.54) is 69.3 Å². The van der Waals surface area contributed by atoms with E-state index in [1.807, 2.05) is 29.5 Å². The molecule has 0 unspecified atom stereocenters. The van der Waals surface area contributed by atoms with Gasteiger partial charge in [-0.25, -0.2) is 15.0 Å². The Morgan fingerprint density at radius 3 is 1.67 bits per heavy atom. The van der Waals surface area contributed by atoms with Gasteiger partial charge in [0.25, 0.3) is 0 Å². The van der Waals surface area contributed by atoms with Crippen LogP contribution in [0.5, 0.6) is 0 Å². The molecule has 0 N–H and O–H groups in total. The van der Waals surface area contributed by atoms with Crippen LogP contribution >= 0.6 is 11.3 Å². The fourth-order valence-corrected chi connectivity index (χ4v) is 10.0. The molecular weight excluding hydrogens is 725 g/mol. The fraction of sp³-hybridized carbons (Fsp3) is 0. The summed E-state index contributed by atoms with van der Waals surface area (Å²) >= 11 is 1.84. The Morgan fingerprint density at radius 2 is 0.931 bits per heavy atom. The van der Waals surface area contributed by atoms with Gasteiger partial charge in [-0.3, -0.25) is 0 Å². The average molecular weight is 757 g/mol. The Labute approximate surface area is 338 Å². The highest BCUT2D eigenvalue weighted by Crippen LogP contribution is 2.46. The third-order valence-electron chi connectivity index (χ3n) is 11.4. The third kappa shape index (κ3) is 5.18. The molecule has 270 valence electrons. The molecular formula is C53H32N4S. The molecule has 0 saturated heterocycles. The van der Waals surface area contributed by atoms with Gasteiger partial charge in [-0.2, -0.15) is 0 Å². The predicted octanol–water partition coefficient (Wildman–Crippen LogP) is 14.3. The molecule has 0 spiro atoms. The molecule has 12 rings (SSSR count). The van der Waals surface area contributed by atoms with Crippen molar-refractivity contribution in [2.24, 2.45) is 0 Å². The summed E-state index contributed by atoms with van der Waals surface area (Å²) in [5, 5.41) is 9.80. The van der Waals surface area contributed by atoms with E-state index in [9.17, 15) is 0 Å². The van der Waals surface area contributed by atoms with Gasteiger partial charge in [-0.15, -0.1) is 11.3 Å². The van der Waals surface area contributed by atoms with Crippen molar-refractivity contribution in [3.63, 3.8) is 0 Å². The molecule has 0 bridgehead atoms. The molecule has 0 aliphatic heterocycles. The van der Waals surface area contributed by atoms with E-state index < -0.39 is 0 Å². The lowest BCUT2D eigenvalue weighted by atomic mass is 9.96. The Bertz CT molecular complexity index is 3510. The van der Waals surface area contributed by atoms with Crippen LogP contribution in [0.2, 0.25) is 0 Å². The van der Waals surface area contributed by atoms with Gasteiger partial charge in [0.15, 0.2) is 17.5 Å². The lowest BCUT2D eigenvalue weighted by Crippen LogP contribution is -2.01.